The van der Waals surface area contributed by atoms with Gasteiger partial charge in [-0.1, -0.05) is 0 Å². The minimum Gasteiger partial charge on any atom is -0.329 e. The summed E-state index contributed by atoms with van der Waals surface area (Å²) in [7, 11) is 0. The largest absolute Gasteiger partial charge is 0.433 e. The lowest BCUT2D eigenvalue weighted by atomic mass is 10.1. The number of nitrogens with one attached hydrogen (secondary N) is 1. The van der Waals surface area contributed by atoms with Gasteiger partial charge >= 0.3 is 6.18 Å². The molecule has 0 aliphatic heterocycles. The van der Waals surface area contributed by atoms with Crippen LogP contribution in [0.2, 0.25) is 0 Å². The lowest BCUT2D eigenvalue weighted by molar-refractivity contribution is -0.144. The Morgan fingerprint density at radius 2 is 1.92 bits per heavy atom. The average molecular weight is 497 g/mol. The van der Waals surface area contributed by atoms with Crippen LogP contribution in [0.4, 0.5) is 18.9 Å². The molecule has 4 aromatic heterocycles. The summed E-state index contributed by atoms with van der Waals surface area (Å²) in [5.41, 5.74) is 0.300. The van der Waals surface area contributed by atoms with Gasteiger partial charge in [0.2, 0.25) is 5.91 Å². The summed E-state index contributed by atoms with van der Waals surface area (Å²) in [4.78, 5) is 38.2. The van der Waals surface area contributed by atoms with Crippen LogP contribution in [0, 0.1) is 0 Å². The molecule has 9 nitrogen and oxygen atoms in total. The first-order valence-electron chi connectivity index (χ1n) is 11.4. The van der Waals surface area contributed by atoms with Crippen molar-refractivity contribution in [2.45, 2.75) is 51.4 Å². The van der Waals surface area contributed by atoms with Gasteiger partial charge in [0.1, 0.15) is 17.7 Å². The Morgan fingerprint density at radius 3 is 2.61 bits per heavy atom. The van der Waals surface area contributed by atoms with Crippen LogP contribution < -0.4 is 5.32 Å². The van der Waals surface area contributed by atoms with Gasteiger partial charge in [0, 0.05) is 41.1 Å². The number of carbonyl (C=O) groups is 2. The Kier molecular flexibility index (Phi) is 5.81. The predicted molar refractivity (Wildman–Crippen MR) is 123 cm³/mol. The molecule has 0 saturated heterocycles. The van der Waals surface area contributed by atoms with Crippen LogP contribution in [0.25, 0.3) is 11.0 Å². The minimum atomic E-state index is -4.62. The molecule has 186 valence electrons. The summed E-state index contributed by atoms with van der Waals surface area (Å²) >= 11 is 0. The lowest BCUT2D eigenvalue weighted by Crippen LogP contribution is -2.20. The van der Waals surface area contributed by atoms with E-state index in [0.29, 0.717) is 29.4 Å². The number of pyridine rings is 1. The van der Waals surface area contributed by atoms with E-state index < -0.39 is 24.2 Å². The number of hydrogen-bond acceptors (Lipinski definition) is 6. The maximum Gasteiger partial charge on any atom is 0.433 e. The first-order chi connectivity index (χ1) is 17.1. The second kappa shape index (κ2) is 8.85. The normalized spacial score (nSPS) is 13.9. The van der Waals surface area contributed by atoms with Crippen LogP contribution in [0.3, 0.4) is 0 Å². The van der Waals surface area contributed by atoms with Crippen molar-refractivity contribution in [3.63, 3.8) is 0 Å². The fourth-order valence-electron chi connectivity index (χ4n) is 4.16. The first-order valence-corrected chi connectivity index (χ1v) is 11.4. The van der Waals surface area contributed by atoms with Crippen molar-refractivity contribution in [2.75, 3.05) is 5.32 Å². The number of fused-ring (bicyclic) bond motifs is 1. The monoisotopic (exact) mass is 497 g/mol. The number of amides is 1. The minimum absolute atomic E-state index is 0.0542. The molecule has 1 aliphatic rings. The molecule has 36 heavy (non-hydrogen) atoms. The van der Waals surface area contributed by atoms with Crippen LogP contribution in [0.15, 0.2) is 43.4 Å². The highest BCUT2D eigenvalue weighted by molar-refractivity contribution is 6.16. The zero-order valence-corrected chi connectivity index (χ0v) is 19.5. The fourth-order valence-corrected chi connectivity index (χ4v) is 4.16. The Bertz CT molecular complexity index is 1470. The maximum atomic E-state index is 13.6. The van der Waals surface area contributed by atoms with Crippen molar-refractivity contribution in [1.29, 1.82) is 0 Å². The van der Waals surface area contributed by atoms with E-state index in [2.05, 4.69) is 25.4 Å². The zero-order valence-electron chi connectivity index (χ0n) is 19.5. The standard InChI is InChI=1S/C24H22F3N7O2/c1-13(2)33-11-19(18-10-29-12-30-23(18)33)21(36)14-5-16(9-28-7-14)32-20(35)6-15-8-31-34(17-3-4-17)22(15)24(25,26)27/h5,7-13,17H,3-4,6H2,1-2H3,(H,32,35). The van der Waals surface area contributed by atoms with Gasteiger partial charge in [-0.25, -0.2) is 9.97 Å². The summed E-state index contributed by atoms with van der Waals surface area (Å²) in [6.07, 6.45) is 4.57. The van der Waals surface area contributed by atoms with Crippen molar-refractivity contribution in [3.8, 4) is 0 Å². The number of halogens is 3. The molecule has 4 aromatic rings. The van der Waals surface area contributed by atoms with Gasteiger partial charge < -0.3 is 9.88 Å². The van der Waals surface area contributed by atoms with Gasteiger partial charge in [-0.3, -0.25) is 19.3 Å². The quantitative estimate of drug-likeness (QED) is 0.380. The van der Waals surface area contributed by atoms with Gasteiger partial charge in [0.05, 0.1) is 36.1 Å². The van der Waals surface area contributed by atoms with Crippen molar-refractivity contribution in [3.05, 3.63) is 65.8 Å². The van der Waals surface area contributed by atoms with Gasteiger partial charge in [0.15, 0.2) is 5.78 Å². The molecular formula is C24H22F3N7O2. The van der Waals surface area contributed by atoms with E-state index in [1.165, 1.54) is 24.8 Å². The second-order valence-corrected chi connectivity index (χ2v) is 9.01. The highest BCUT2D eigenvalue weighted by Crippen LogP contribution is 2.41. The van der Waals surface area contributed by atoms with Crippen LogP contribution in [-0.2, 0) is 17.4 Å². The summed E-state index contributed by atoms with van der Waals surface area (Å²) in [5, 5.41) is 6.99. The molecule has 1 N–H and O–H groups in total. The van der Waals surface area contributed by atoms with E-state index in [4.69, 9.17) is 0 Å². The fraction of sp³-hybridized carbons (Fsp3) is 0.333. The summed E-state index contributed by atoms with van der Waals surface area (Å²) in [5.74, 6) is -1.02. The van der Waals surface area contributed by atoms with E-state index in [1.54, 1.807) is 12.4 Å². The third-order valence-corrected chi connectivity index (χ3v) is 5.96. The molecular weight excluding hydrogens is 475 g/mol. The third kappa shape index (κ3) is 4.45. The van der Waals surface area contributed by atoms with E-state index in [-0.39, 0.29) is 34.7 Å². The highest BCUT2D eigenvalue weighted by atomic mass is 19.4. The van der Waals surface area contributed by atoms with Gasteiger partial charge in [-0.2, -0.15) is 18.3 Å². The SMILES string of the molecule is CC(C)n1cc(C(=O)c2cncc(NC(=O)Cc3cnn(C4CC4)c3C(F)(F)F)c2)c2cncnc21. The second-order valence-electron chi connectivity index (χ2n) is 9.01. The summed E-state index contributed by atoms with van der Waals surface area (Å²) in [6, 6.07) is 1.21. The average Bonchev–Trinajstić information content (AvgIpc) is 3.46. The maximum absolute atomic E-state index is 13.6. The van der Waals surface area contributed by atoms with Crippen molar-refractivity contribution < 1.29 is 22.8 Å². The molecule has 0 bridgehead atoms. The number of anilines is 1. The van der Waals surface area contributed by atoms with Crippen molar-refractivity contribution in [2.24, 2.45) is 0 Å². The molecule has 0 atom stereocenters. The third-order valence-electron chi connectivity index (χ3n) is 5.96. The molecule has 0 unspecified atom stereocenters. The van der Waals surface area contributed by atoms with Gasteiger partial charge in [-0.15, -0.1) is 0 Å². The Hall–Kier alpha value is -4.09. The highest BCUT2D eigenvalue weighted by Gasteiger charge is 2.42. The van der Waals surface area contributed by atoms with E-state index in [0.717, 1.165) is 10.9 Å². The summed E-state index contributed by atoms with van der Waals surface area (Å²) < 4.78 is 43.7. The molecule has 0 aromatic carbocycles. The summed E-state index contributed by atoms with van der Waals surface area (Å²) in [6.45, 7) is 3.93. The van der Waals surface area contributed by atoms with Gasteiger partial charge in [-0.05, 0) is 32.8 Å². The number of hydrogen-bond donors (Lipinski definition) is 1. The first kappa shape index (κ1) is 23.6. The van der Waals surface area contributed by atoms with Crippen LogP contribution in [-0.4, -0.2) is 41.0 Å². The van der Waals surface area contributed by atoms with Crippen LogP contribution in [0.1, 0.15) is 66.0 Å². The Balaban J connectivity index is 1.37. The van der Waals surface area contributed by atoms with E-state index in [1.807, 2.05) is 18.4 Å². The van der Waals surface area contributed by atoms with E-state index in [9.17, 15) is 22.8 Å². The molecule has 1 fully saturated rings. The molecule has 1 saturated carbocycles. The van der Waals surface area contributed by atoms with Crippen molar-refractivity contribution in [1.82, 2.24) is 29.3 Å². The number of rotatable bonds is 7. The number of ketones is 1. The molecule has 0 spiro atoms. The molecule has 1 aliphatic carbocycles. The van der Waals surface area contributed by atoms with Gasteiger partial charge in [0.25, 0.3) is 0 Å². The van der Waals surface area contributed by atoms with Crippen LogP contribution in [0.5, 0.6) is 0 Å². The predicted octanol–water partition coefficient (Wildman–Crippen LogP) is 4.37. The molecule has 5 rings (SSSR count). The molecule has 1 amide bonds. The number of carbonyl (C=O) groups excluding carboxylic acids is 2. The Labute approximate surface area is 203 Å². The Morgan fingerprint density at radius 1 is 1.14 bits per heavy atom. The van der Waals surface area contributed by atoms with Crippen molar-refractivity contribution >= 4 is 28.4 Å². The number of aromatic nitrogens is 6. The molecule has 12 heteroatoms. The molecule has 4 heterocycles. The van der Waals surface area contributed by atoms with Crippen LogP contribution >= 0.6 is 0 Å². The lowest BCUT2D eigenvalue weighted by Gasteiger charge is -2.12. The topological polar surface area (TPSA) is 108 Å². The zero-order chi connectivity index (χ0) is 25.6. The number of nitrogens with zero attached hydrogens (tertiary/aromatic N) is 6. The van der Waals surface area contributed by atoms with E-state index >= 15 is 0 Å². The molecule has 0 radical (unpaired) electrons. The smallest absolute Gasteiger partial charge is 0.329 e. The number of alkyl halides is 3.